The molecule has 1 saturated carbocycles. The van der Waals surface area contributed by atoms with Gasteiger partial charge in [0.25, 0.3) is 5.91 Å². The molecule has 27 heavy (non-hydrogen) atoms. The van der Waals surface area contributed by atoms with E-state index in [1.807, 2.05) is 6.07 Å². The average Bonchev–Trinajstić information content (AvgIpc) is 2.97. The summed E-state index contributed by atoms with van der Waals surface area (Å²) >= 11 is 0. The number of hydrogen-bond donors (Lipinski definition) is 2. The summed E-state index contributed by atoms with van der Waals surface area (Å²) in [6.45, 7) is 1.04. The third kappa shape index (κ3) is 4.48. The van der Waals surface area contributed by atoms with E-state index in [1.165, 1.54) is 25.7 Å². The fourth-order valence-electron chi connectivity index (χ4n) is 3.48. The molecule has 1 fully saturated rings. The molecule has 1 aliphatic carbocycles. The first kappa shape index (κ1) is 17.6. The van der Waals surface area contributed by atoms with Crippen LogP contribution >= 0.6 is 0 Å². The molecule has 7 heteroatoms. The Hall–Kier alpha value is -2.83. The Kier molecular flexibility index (Phi) is 5.37. The number of ether oxygens (including phenoxy) is 2. The molecule has 2 heterocycles. The number of aromatic nitrogens is 2. The summed E-state index contributed by atoms with van der Waals surface area (Å²) in [6, 6.07) is 9.27. The smallest absolute Gasteiger partial charge is 0.276 e. The first-order valence-corrected chi connectivity index (χ1v) is 9.59. The lowest BCUT2D eigenvalue weighted by molar-refractivity contribution is 0.102. The summed E-state index contributed by atoms with van der Waals surface area (Å²) in [5, 5.41) is 14.5. The second kappa shape index (κ2) is 8.24. The maximum absolute atomic E-state index is 12.4. The van der Waals surface area contributed by atoms with Crippen molar-refractivity contribution in [2.24, 2.45) is 0 Å². The van der Waals surface area contributed by atoms with Gasteiger partial charge in [-0.05, 0) is 37.1 Å². The first-order valence-electron chi connectivity index (χ1n) is 9.59. The van der Waals surface area contributed by atoms with E-state index in [9.17, 15) is 4.79 Å². The second-order valence-corrected chi connectivity index (χ2v) is 6.95. The highest BCUT2D eigenvalue weighted by atomic mass is 16.6. The molecule has 0 bridgehead atoms. The number of carbonyl (C=O) groups is 1. The van der Waals surface area contributed by atoms with Gasteiger partial charge in [-0.2, -0.15) is 0 Å². The highest BCUT2D eigenvalue weighted by molar-refractivity contribution is 6.02. The molecule has 0 spiro atoms. The van der Waals surface area contributed by atoms with Crippen molar-refractivity contribution in [3.63, 3.8) is 0 Å². The molecule has 0 unspecified atom stereocenters. The molecule has 1 amide bonds. The SMILES string of the molecule is O=C(Nc1ccc2c(c1)OCCO2)c1ccc(NC2CCCCCC2)nn1. The molecule has 1 aromatic carbocycles. The Labute approximate surface area is 158 Å². The third-order valence-electron chi connectivity index (χ3n) is 4.90. The van der Waals surface area contributed by atoms with Gasteiger partial charge in [0.2, 0.25) is 0 Å². The van der Waals surface area contributed by atoms with Crippen LogP contribution in [-0.4, -0.2) is 35.4 Å². The Morgan fingerprint density at radius 1 is 0.926 bits per heavy atom. The summed E-state index contributed by atoms with van der Waals surface area (Å²) in [7, 11) is 0. The predicted octanol–water partition coefficient (Wildman–Crippen LogP) is 3.63. The van der Waals surface area contributed by atoms with E-state index in [1.54, 1.807) is 24.3 Å². The zero-order valence-electron chi connectivity index (χ0n) is 15.2. The van der Waals surface area contributed by atoms with Gasteiger partial charge in [-0.15, -0.1) is 10.2 Å². The monoisotopic (exact) mass is 368 g/mol. The van der Waals surface area contributed by atoms with Crippen molar-refractivity contribution in [3.05, 3.63) is 36.0 Å². The lowest BCUT2D eigenvalue weighted by Crippen LogP contribution is -2.20. The van der Waals surface area contributed by atoms with E-state index in [2.05, 4.69) is 20.8 Å². The van der Waals surface area contributed by atoms with Gasteiger partial charge in [0.1, 0.15) is 19.0 Å². The molecular formula is C20H24N4O3. The van der Waals surface area contributed by atoms with Crippen LogP contribution in [0.25, 0.3) is 0 Å². The lowest BCUT2D eigenvalue weighted by atomic mass is 10.1. The zero-order chi connectivity index (χ0) is 18.5. The van der Waals surface area contributed by atoms with Crippen LogP contribution in [0.1, 0.15) is 49.0 Å². The largest absolute Gasteiger partial charge is 0.486 e. The lowest BCUT2D eigenvalue weighted by Gasteiger charge is -2.19. The quantitative estimate of drug-likeness (QED) is 0.802. The molecule has 0 atom stereocenters. The number of rotatable bonds is 4. The van der Waals surface area contributed by atoms with Crippen LogP contribution in [0.5, 0.6) is 11.5 Å². The number of carbonyl (C=O) groups excluding carboxylic acids is 1. The van der Waals surface area contributed by atoms with Crippen LogP contribution in [0.2, 0.25) is 0 Å². The fourth-order valence-corrected chi connectivity index (χ4v) is 3.48. The van der Waals surface area contributed by atoms with Gasteiger partial charge < -0.3 is 20.1 Å². The molecule has 2 N–H and O–H groups in total. The standard InChI is InChI=1S/C20H24N4O3/c25-20(22-15-7-9-17-18(13-15)27-12-11-26-17)16-8-10-19(24-23-16)21-14-5-3-1-2-4-6-14/h7-10,13-14H,1-6,11-12H2,(H,21,24)(H,22,25). The number of nitrogens with zero attached hydrogens (tertiary/aromatic N) is 2. The summed E-state index contributed by atoms with van der Waals surface area (Å²) in [4.78, 5) is 12.4. The fraction of sp³-hybridized carbons (Fsp3) is 0.450. The predicted molar refractivity (Wildman–Crippen MR) is 103 cm³/mol. The van der Waals surface area contributed by atoms with Crippen LogP contribution in [0.15, 0.2) is 30.3 Å². The van der Waals surface area contributed by atoms with E-state index < -0.39 is 0 Å². The summed E-state index contributed by atoms with van der Waals surface area (Å²) in [5.74, 6) is 1.74. The van der Waals surface area contributed by atoms with E-state index >= 15 is 0 Å². The highest BCUT2D eigenvalue weighted by Gasteiger charge is 2.15. The summed E-state index contributed by atoms with van der Waals surface area (Å²) < 4.78 is 11.0. The molecule has 4 rings (SSSR count). The molecule has 2 aliphatic rings. The number of fused-ring (bicyclic) bond motifs is 1. The van der Waals surface area contributed by atoms with Crippen LogP contribution in [0, 0.1) is 0 Å². The second-order valence-electron chi connectivity index (χ2n) is 6.95. The van der Waals surface area contributed by atoms with Crippen LogP contribution in [-0.2, 0) is 0 Å². The Morgan fingerprint density at radius 2 is 1.70 bits per heavy atom. The molecule has 2 aromatic rings. The Balaban J connectivity index is 1.37. The van der Waals surface area contributed by atoms with Crippen molar-refractivity contribution in [2.45, 2.75) is 44.6 Å². The Bertz CT molecular complexity index is 786. The number of benzene rings is 1. The first-order chi connectivity index (χ1) is 13.3. The molecule has 142 valence electrons. The maximum Gasteiger partial charge on any atom is 0.276 e. The average molecular weight is 368 g/mol. The van der Waals surface area contributed by atoms with Gasteiger partial charge in [0, 0.05) is 17.8 Å². The van der Waals surface area contributed by atoms with Crippen molar-refractivity contribution in [2.75, 3.05) is 23.8 Å². The van der Waals surface area contributed by atoms with Crippen LogP contribution in [0.4, 0.5) is 11.5 Å². The summed E-state index contributed by atoms with van der Waals surface area (Å²) in [5.41, 5.74) is 0.906. The van der Waals surface area contributed by atoms with E-state index in [0.717, 1.165) is 18.7 Å². The van der Waals surface area contributed by atoms with Crippen LogP contribution < -0.4 is 20.1 Å². The number of nitrogens with one attached hydrogen (secondary N) is 2. The maximum atomic E-state index is 12.4. The van der Waals surface area contributed by atoms with Gasteiger partial charge in [-0.25, -0.2) is 0 Å². The van der Waals surface area contributed by atoms with Crippen molar-refractivity contribution in [3.8, 4) is 11.5 Å². The highest BCUT2D eigenvalue weighted by Crippen LogP contribution is 2.32. The zero-order valence-corrected chi connectivity index (χ0v) is 15.2. The van der Waals surface area contributed by atoms with Crippen molar-refractivity contribution in [1.82, 2.24) is 10.2 Å². The minimum atomic E-state index is -0.305. The molecule has 0 radical (unpaired) electrons. The molecule has 1 aromatic heterocycles. The molecular weight excluding hydrogens is 344 g/mol. The minimum Gasteiger partial charge on any atom is -0.486 e. The van der Waals surface area contributed by atoms with Gasteiger partial charge in [-0.1, -0.05) is 25.7 Å². The minimum absolute atomic E-state index is 0.274. The van der Waals surface area contributed by atoms with Crippen molar-refractivity contribution in [1.29, 1.82) is 0 Å². The van der Waals surface area contributed by atoms with E-state index in [4.69, 9.17) is 9.47 Å². The van der Waals surface area contributed by atoms with Gasteiger partial charge in [0.15, 0.2) is 17.2 Å². The number of amides is 1. The van der Waals surface area contributed by atoms with Crippen molar-refractivity contribution < 1.29 is 14.3 Å². The summed E-state index contributed by atoms with van der Waals surface area (Å²) in [6.07, 6.45) is 7.44. The topological polar surface area (TPSA) is 85.4 Å². The van der Waals surface area contributed by atoms with Crippen LogP contribution in [0.3, 0.4) is 0 Å². The van der Waals surface area contributed by atoms with Gasteiger partial charge in [-0.3, -0.25) is 4.79 Å². The molecule has 7 nitrogen and oxygen atoms in total. The Morgan fingerprint density at radius 3 is 2.44 bits per heavy atom. The molecule has 1 aliphatic heterocycles. The van der Waals surface area contributed by atoms with Gasteiger partial charge in [0.05, 0.1) is 0 Å². The van der Waals surface area contributed by atoms with Gasteiger partial charge >= 0.3 is 0 Å². The third-order valence-corrected chi connectivity index (χ3v) is 4.90. The van der Waals surface area contributed by atoms with Crippen molar-refractivity contribution >= 4 is 17.4 Å². The van der Waals surface area contributed by atoms with E-state index in [0.29, 0.717) is 36.4 Å². The van der Waals surface area contributed by atoms with E-state index in [-0.39, 0.29) is 11.6 Å². The molecule has 0 saturated heterocycles. The number of anilines is 2. The normalized spacial score (nSPS) is 17.0. The number of hydrogen-bond acceptors (Lipinski definition) is 6.